The van der Waals surface area contributed by atoms with Crippen molar-refractivity contribution in [2.75, 3.05) is 13.1 Å². The highest BCUT2D eigenvalue weighted by molar-refractivity contribution is 5.79. The Morgan fingerprint density at radius 3 is 2.57 bits per heavy atom. The van der Waals surface area contributed by atoms with Crippen molar-refractivity contribution in [2.24, 2.45) is 17.6 Å². The van der Waals surface area contributed by atoms with Crippen LogP contribution in [0.5, 0.6) is 0 Å². The number of rotatable bonds is 4. The lowest BCUT2D eigenvalue weighted by atomic mass is 9.79. The van der Waals surface area contributed by atoms with Gasteiger partial charge in [-0.2, -0.15) is 0 Å². The summed E-state index contributed by atoms with van der Waals surface area (Å²) in [6, 6.07) is 10.6. The average molecular weight is 288 g/mol. The van der Waals surface area contributed by atoms with Crippen LogP contribution in [0, 0.1) is 11.8 Å². The van der Waals surface area contributed by atoms with Crippen LogP contribution in [0.1, 0.15) is 45.1 Å². The molecule has 0 spiro atoms. The molecule has 4 atom stereocenters. The van der Waals surface area contributed by atoms with E-state index in [1.807, 2.05) is 18.7 Å². The van der Waals surface area contributed by atoms with Crippen LogP contribution in [0.4, 0.5) is 0 Å². The molecule has 2 N–H and O–H groups in total. The van der Waals surface area contributed by atoms with Crippen molar-refractivity contribution < 1.29 is 4.79 Å². The lowest BCUT2D eigenvalue weighted by molar-refractivity contribution is -0.137. The van der Waals surface area contributed by atoms with E-state index in [4.69, 9.17) is 5.73 Å². The van der Waals surface area contributed by atoms with Gasteiger partial charge in [0.05, 0.1) is 5.92 Å². The van der Waals surface area contributed by atoms with Gasteiger partial charge in [-0.3, -0.25) is 4.79 Å². The Kier molecular flexibility index (Phi) is 5.40. The Labute approximate surface area is 128 Å². The fraction of sp³-hybridized carbons (Fsp3) is 0.611. The second-order valence-corrected chi connectivity index (χ2v) is 6.41. The Balaban J connectivity index is 2.07. The third kappa shape index (κ3) is 3.65. The van der Waals surface area contributed by atoms with Gasteiger partial charge in [0.15, 0.2) is 0 Å². The summed E-state index contributed by atoms with van der Waals surface area (Å²) in [7, 11) is 0. The summed E-state index contributed by atoms with van der Waals surface area (Å²) in [4.78, 5) is 14.5. The molecule has 0 bridgehead atoms. The SMILES string of the molecule is CCC1CN(C(=O)C(C)C(C)N)CCC1c1ccccc1. The number of likely N-dealkylation sites (tertiary alicyclic amines) is 1. The maximum absolute atomic E-state index is 12.5. The molecule has 116 valence electrons. The smallest absolute Gasteiger partial charge is 0.226 e. The van der Waals surface area contributed by atoms with Gasteiger partial charge < -0.3 is 10.6 Å². The van der Waals surface area contributed by atoms with Gasteiger partial charge in [-0.05, 0) is 30.7 Å². The van der Waals surface area contributed by atoms with Crippen molar-refractivity contribution in [3.05, 3.63) is 35.9 Å². The molecule has 2 rings (SSSR count). The zero-order chi connectivity index (χ0) is 15.4. The molecule has 1 amide bonds. The topological polar surface area (TPSA) is 46.3 Å². The molecule has 1 saturated heterocycles. The van der Waals surface area contributed by atoms with Crippen LogP contribution in [0.2, 0.25) is 0 Å². The van der Waals surface area contributed by atoms with Crippen LogP contribution in [0.25, 0.3) is 0 Å². The first-order chi connectivity index (χ1) is 10.0. The summed E-state index contributed by atoms with van der Waals surface area (Å²) < 4.78 is 0. The third-order valence-electron chi connectivity index (χ3n) is 4.98. The molecule has 0 aliphatic carbocycles. The van der Waals surface area contributed by atoms with Crippen LogP contribution in [-0.2, 0) is 4.79 Å². The summed E-state index contributed by atoms with van der Waals surface area (Å²) in [5.74, 6) is 1.25. The molecule has 1 aromatic carbocycles. The van der Waals surface area contributed by atoms with Crippen LogP contribution in [0.3, 0.4) is 0 Å². The van der Waals surface area contributed by atoms with Crippen molar-refractivity contribution >= 4 is 5.91 Å². The number of piperidine rings is 1. The van der Waals surface area contributed by atoms with Crippen molar-refractivity contribution in [3.8, 4) is 0 Å². The Bertz CT molecular complexity index is 458. The lowest BCUT2D eigenvalue weighted by Gasteiger charge is -2.40. The first-order valence-corrected chi connectivity index (χ1v) is 8.13. The van der Waals surface area contributed by atoms with E-state index in [2.05, 4.69) is 37.3 Å². The first-order valence-electron chi connectivity index (χ1n) is 8.13. The van der Waals surface area contributed by atoms with E-state index in [1.165, 1.54) is 5.56 Å². The quantitative estimate of drug-likeness (QED) is 0.925. The molecule has 1 aliphatic rings. The van der Waals surface area contributed by atoms with Crippen LogP contribution >= 0.6 is 0 Å². The van der Waals surface area contributed by atoms with Gasteiger partial charge in [0, 0.05) is 19.1 Å². The van der Waals surface area contributed by atoms with Gasteiger partial charge in [-0.1, -0.05) is 50.6 Å². The standard InChI is InChI=1S/C18H28N2O/c1-4-15-12-20(18(21)13(2)14(3)19)11-10-17(15)16-8-6-5-7-9-16/h5-9,13-15,17H,4,10-12,19H2,1-3H3. The molecule has 4 unspecified atom stereocenters. The molecule has 1 fully saturated rings. The van der Waals surface area contributed by atoms with Gasteiger partial charge in [0.25, 0.3) is 0 Å². The molecule has 3 heteroatoms. The zero-order valence-electron chi connectivity index (χ0n) is 13.5. The predicted molar refractivity (Wildman–Crippen MR) is 87.0 cm³/mol. The second-order valence-electron chi connectivity index (χ2n) is 6.41. The van der Waals surface area contributed by atoms with Gasteiger partial charge in [0.2, 0.25) is 5.91 Å². The number of carbonyl (C=O) groups is 1. The number of benzene rings is 1. The summed E-state index contributed by atoms with van der Waals surface area (Å²) in [5.41, 5.74) is 7.30. The third-order valence-corrected chi connectivity index (χ3v) is 4.98. The van der Waals surface area contributed by atoms with Crippen molar-refractivity contribution in [3.63, 3.8) is 0 Å². The van der Waals surface area contributed by atoms with E-state index in [0.717, 1.165) is 25.9 Å². The Hall–Kier alpha value is -1.35. The van der Waals surface area contributed by atoms with Gasteiger partial charge in [0.1, 0.15) is 0 Å². The normalized spacial score (nSPS) is 25.4. The minimum atomic E-state index is -0.0872. The molecular formula is C18H28N2O. The summed E-state index contributed by atoms with van der Waals surface area (Å²) in [6.07, 6.45) is 2.16. The fourth-order valence-corrected chi connectivity index (χ4v) is 3.30. The molecule has 0 saturated carbocycles. The molecule has 0 radical (unpaired) electrons. The minimum Gasteiger partial charge on any atom is -0.342 e. The van der Waals surface area contributed by atoms with Crippen molar-refractivity contribution in [2.45, 2.75) is 45.6 Å². The lowest BCUT2D eigenvalue weighted by Crippen LogP contribution is -2.47. The second kappa shape index (κ2) is 7.08. The average Bonchev–Trinajstić information content (AvgIpc) is 2.53. The number of nitrogens with two attached hydrogens (primary N) is 1. The van der Waals surface area contributed by atoms with E-state index >= 15 is 0 Å². The number of amides is 1. The summed E-state index contributed by atoms with van der Waals surface area (Å²) in [6.45, 7) is 7.80. The summed E-state index contributed by atoms with van der Waals surface area (Å²) in [5, 5.41) is 0. The molecule has 21 heavy (non-hydrogen) atoms. The largest absolute Gasteiger partial charge is 0.342 e. The van der Waals surface area contributed by atoms with E-state index in [-0.39, 0.29) is 17.9 Å². The molecular weight excluding hydrogens is 260 g/mol. The van der Waals surface area contributed by atoms with Crippen LogP contribution in [-0.4, -0.2) is 29.9 Å². The highest BCUT2D eigenvalue weighted by Gasteiger charge is 2.33. The Morgan fingerprint density at radius 2 is 2.00 bits per heavy atom. The van der Waals surface area contributed by atoms with E-state index in [9.17, 15) is 4.79 Å². The molecule has 1 heterocycles. The maximum Gasteiger partial charge on any atom is 0.226 e. The molecule has 1 aliphatic heterocycles. The van der Waals surface area contributed by atoms with Crippen LogP contribution in [0.15, 0.2) is 30.3 Å². The number of nitrogens with zero attached hydrogens (tertiary/aromatic N) is 1. The maximum atomic E-state index is 12.5. The number of carbonyl (C=O) groups excluding carboxylic acids is 1. The minimum absolute atomic E-state index is 0.0792. The van der Waals surface area contributed by atoms with Gasteiger partial charge in [-0.15, -0.1) is 0 Å². The molecule has 0 aromatic heterocycles. The molecule has 3 nitrogen and oxygen atoms in total. The van der Waals surface area contributed by atoms with E-state index in [1.54, 1.807) is 0 Å². The van der Waals surface area contributed by atoms with Gasteiger partial charge in [-0.25, -0.2) is 0 Å². The van der Waals surface area contributed by atoms with Crippen LogP contribution < -0.4 is 5.73 Å². The fourth-order valence-electron chi connectivity index (χ4n) is 3.30. The number of hydrogen-bond acceptors (Lipinski definition) is 2. The monoisotopic (exact) mass is 288 g/mol. The highest BCUT2D eigenvalue weighted by atomic mass is 16.2. The Morgan fingerprint density at radius 1 is 1.33 bits per heavy atom. The number of hydrogen-bond donors (Lipinski definition) is 1. The van der Waals surface area contributed by atoms with Crippen molar-refractivity contribution in [1.29, 1.82) is 0 Å². The van der Waals surface area contributed by atoms with E-state index in [0.29, 0.717) is 11.8 Å². The highest BCUT2D eigenvalue weighted by Crippen LogP contribution is 2.35. The van der Waals surface area contributed by atoms with Crippen molar-refractivity contribution in [1.82, 2.24) is 4.90 Å². The van der Waals surface area contributed by atoms with E-state index < -0.39 is 0 Å². The molecule has 1 aromatic rings. The first kappa shape index (κ1) is 16.0. The zero-order valence-corrected chi connectivity index (χ0v) is 13.5. The predicted octanol–water partition coefficient (Wildman–Crippen LogP) is 3.01. The van der Waals surface area contributed by atoms with Gasteiger partial charge >= 0.3 is 0 Å². The summed E-state index contributed by atoms with van der Waals surface area (Å²) >= 11 is 0.